The molecule has 1 rings (SSSR count). The van der Waals surface area contributed by atoms with Crippen LogP contribution in [-0.2, 0) is 0 Å². The molecule has 0 aromatic carbocycles. The molecule has 0 radical (unpaired) electrons. The zero-order valence-electron chi connectivity index (χ0n) is 16.6. The van der Waals surface area contributed by atoms with E-state index in [1.807, 2.05) is 0 Å². The monoisotopic (exact) mass is 453 g/mol. The Bertz CT molecular complexity index is 338. The number of hydrogen-bond acceptors (Lipinski definition) is 3. The predicted octanol–water partition coefficient (Wildman–Crippen LogP) is 2.76. The standard InChI is InChI=1S/C18H39N5.HI/c1-7-19-18(21-14-17-10-8-12-22(17)6)20-11-9-13-23(15(2)3)16(4)5;/h15-17H,7-14H2,1-6H3,(H2,19,20,21);1H. The minimum Gasteiger partial charge on any atom is -0.357 e. The summed E-state index contributed by atoms with van der Waals surface area (Å²) in [6, 6.07) is 1.83. The maximum absolute atomic E-state index is 4.77. The van der Waals surface area contributed by atoms with Crippen LogP contribution in [0.3, 0.4) is 0 Å². The Morgan fingerprint density at radius 1 is 1.21 bits per heavy atom. The molecule has 0 saturated carbocycles. The zero-order chi connectivity index (χ0) is 17.2. The summed E-state index contributed by atoms with van der Waals surface area (Å²) in [4.78, 5) is 9.74. The minimum absolute atomic E-state index is 0. The molecule has 1 aliphatic heterocycles. The third-order valence-electron chi connectivity index (χ3n) is 4.69. The molecule has 0 spiro atoms. The highest BCUT2D eigenvalue weighted by Gasteiger charge is 2.20. The molecule has 1 atom stereocenters. The Balaban J connectivity index is 0.00000529. The summed E-state index contributed by atoms with van der Waals surface area (Å²) in [7, 11) is 2.21. The molecule has 0 bridgehead atoms. The fourth-order valence-electron chi connectivity index (χ4n) is 3.33. The van der Waals surface area contributed by atoms with Crippen LogP contribution in [0.2, 0.25) is 0 Å². The van der Waals surface area contributed by atoms with Crippen molar-refractivity contribution in [3.8, 4) is 0 Å². The maximum atomic E-state index is 4.77. The first-order valence-electron chi connectivity index (χ1n) is 9.43. The number of guanidine groups is 1. The van der Waals surface area contributed by atoms with E-state index in [2.05, 4.69) is 62.1 Å². The first kappa shape index (κ1) is 23.9. The van der Waals surface area contributed by atoms with Crippen molar-refractivity contribution in [1.29, 1.82) is 0 Å². The molecule has 1 saturated heterocycles. The molecule has 1 aliphatic rings. The molecule has 1 fully saturated rings. The van der Waals surface area contributed by atoms with E-state index in [0.29, 0.717) is 18.1 Å². The van der Waals surface area contributed by atoms with Crippen LogP contribution in [0.25, 0.3) is 0 Å². The lowest BCUT2D eigenvalue weighted by atomic mass is 10.2. The zero-order valence-corrected chi connectivity index (χ0v) is 19.0. The van der Waals surface area contributed by atoms with Crippen LogP contribution in [-0.4, -0.2) is 73.7 Å². The third-order valence-corrected chi connectivity index (χ3v) is 4.69. The number of halogens is 1. The molecular weight excluding hydrogens is 413 g/mol. The van der Waals surface area contributed by atoms with Gasteiger partial charge in [0.05, 0.1) is 6.54 Å². The Morgan fingerprint density at radius 3 is 2.38 bits per heavy atom. The molecule has 0 aromatic rings. The molecular formula is C18H40IN5. The molecule has 1 unspecified atom stereocenters. The Hall–Kier alpha value is -0.0800. The highest BCUT2D eigenvalue weighted by Crippen LogP contribution is 2.14. The van der Waals surface area contributed by atoms with Crippen LogP contribution in [0.5, 0.6) is 0 Å². The van der Waals surface area contributed by atoms with Gasteiger partial charge in [-0.05, 0) is 67.5 Å². The largest absolute Gasteiger partial charge is 0.357 e. The van der Waals surface area contributed by atoms with E-state index in [0.717, 1.165) is 38.6 Å². The normalized spacial score (nSPS) is 19.2. The molecule has 2 N–H and O–H groups in total. The summed E-state index contributed by atoms with van der Waals surface area (Å²) in [5.41, 5.74) is 0. The molecule has 6 heteroatoms. The van der Waals surface area contributed by atoms with Crippen molar-refractivity contribution >= 4 is 29.9 Å². The van der Waals surface area contributed by atoms with Gasteiger partial charge in [0.2, 0.25) is 0 Å². The SMILES string of the molecule is CCNC(=NCC1CCCN1C)NCCCN(C(C)C)C(C)C.I. The van der Waals surface area contributed by atoms with Crippen LogP contribution in [0.1, 0.15) is 53.9 Å². The number of aliphatic imine (C=N–C) groups is 1. The van der Waals surface area contributed by atoms with Gasteiger partial charge in [-0.25, -0.2) is 0 Å². The van der Waals surface area contributed by atoms with Gasteiger partial charge in [-0.2, -0.15) is 0 Å². The van der Waals surface area contributed by atoms with Gasteiger partial charge >= 0.3 is 0 Å². The minimum atomic E-state index is 0. The van der Waals surface area contributed by atoms with Crippen molar-refractivity contribution in [2.24, 2.45) is 4.99 Å². The second-order valence-corrected chi connectivity index (χ2v) is 7.20. The van der Waals surface area contributed by atoms with Gasteiger partial charge in [0, 0.05) is 37.8 Å². The highest BCUT2D eigenvalue weighted by molar-refractivity contribution is 14.0. The van der Waals surface area contributed by atoms with Gasteiger partial charge in [-0.3, -0.25) is 9.89 Å². The average Bonchev–Trinajstić information content (AvgIpc) is 2.88. The van der Waals surface area contributed by atoms with Gasteiger partial charge in [-0.1, -0.05) is 0 Å². The van der Waals surface area contributed by atoms with Gasteiger partial charge in [0.25, 0.3) is 0 Å². The number of nitrogens with one attached hydrogen (secondary N) is 2. The van der Waals surface area contributed by atoms with Crippen LogP contribution in [0.4, 0.5) is 0 Å². The lowest BCUT2D eigenvalue weighted by molar-refractivity contribution is 0.173. The molecule has 24 heavy (non-hydrogen) atoms. The van der Waals surface area contributed by atoms with Crippen LogP contribution < -0.4 is 10.6 Å². The van der Waals surface area contributed by atoms with E-state index in [9.17, 15) is 0 Å². The topological polar surface area (TPSA) is 42.9 Å². The van der Waals surface area contributed by atoms with E-state index < -0.39 is 0 Å². The van der Waals surface area contributed by atoms with Gasteiger partial charge < -0.3 is 15.5 Å². The lowest BCUT2D eigenvalue weighted by Crippen LogP contribution is -2.42. The summed E-state index contributed by atoms with van der Waals surface area (Å²) in [6.07, 6.45) is 3.72. The number of likely N-dealkylation sites (N-methyl/N-ethyl adjacent to an activating group) is 1. The number of nitrogens with zero attached hydrogens (tertiary/aromatic N) is 3. The van der Waals surface area contributed by atoms with E-state index in [4.69, 9.17) is 4.99 Å². The molecule has 5 nitrogen and oxygen atoms in total. The Labute approximate surface area is 167 Å². The average molecular weight is 453 g/mol. The van der Waals surface area contributed by atoms with Crippen molar-refractivity contribution in [3.63, 3.8) is 0 Å². The number of rotatable bonds is 9. The predicted molar refractivity (Wildman–Crippen MR) is 117 cm³/mol. The first-order chi connectivity index (χ1) is 11.0. The van der Waals surface area contributed by atoms with Gasteiger partial charge in [0.1, 0.15) is 0 Å². The highest BCUT2D eigenvalue weighted by atomic mass is 127. The molecule has 0 aromatic heterocycles. The van der Waals surface area contributed by atoms with Crippen LogP contribution in [0, 0.1) is 0 Å². The fraction of sp³-hybridized carbons (Fsp3) is 0.944. The van der Waals surface area contributed by atoms with E-state index in [-0.39, 0.29) is 24.0 Å². The lowest BCUT2D eigenvalue weighted by Gasteiger charge is -2.30. The second kappa shape index (κ2) is 13.2. The number of hydrogen-bond donors (Lipinski definition) is 2. The second-order valence-electron chi connectivity index (χ2n) is 7.20. The van der Waals surface area contributed by atoms with Crippen LogP contribution in [0.15, 0.2) is 4.99 Å². The summed E-state index contributed by atoms with van der Waals surface area (Å²) in [5.74, 6) is 0.966. The summed E-state index contributed by atoms with van der Waals surface area (Å²) < 4.78 is 0. The summed E-state index contributed by atoms with van der Waals surface area (Å²) in [5, 5.41) is 6.85. The van der Waals surface area contributed by atoms with Crippen molar-refractivity contribution in [2.75, 3.05) is 39.8 Å². The van der Waals surface area contributed by atoms with Crippen molar-refractivity contribution in [1.82, 2.24) is 20.4 Å². The van der Waals surface area contributed by atoms with E-state index in [1.54, 1.807) is 0 Å². The van der Waals surface area contributed by atoms with Crippen molar-refractivity contribution in [3.05, 3.63) is 0 Å². The van der Waals surface area contributed by atoms with E-state index >= 15 is 0 Å². The number of likely N-dealkylation sites (tertiary alicyclic amines) is 1. The van der Waals surface area contributed by atoms with Gasteiger partial charge in [0.15, 0.2) is 5.96 Å². The molecule has 1 heterocycles. The summed E-state index contributed by atoms with van der Waals surface area (Å²) >= 11 is 0. The quantitative estimate of drug-likeness (QED) is 0.244. The first-order valence-corrected chi connectivity index (χ1v) is 9.43. The third kappa shape index (κ3) is 8.85. The Kier molecular flexibility index (Phi) is 13.1. The fourth-order valence-corrected chi connectivity index (χ4v) is 3.33. The maximum Gasteiger partial charge on any atom is 0.191 e. The van der Waals surface area contributed by atoms with E-state index in [1.165, 1.54) is 19.4 Å². The Morgan fingerprint density at radius 2 is 1.88 bits per heavy atom. The van der Waals surface area contributed by atoms with Gasteiger partial charge in [-0.15, -0.1) is 24.0 Å². The van der Waals surface area contributed by atoms with Crippen molar-refractivity contribution < 1.29 is 0 Å². The van der Waals surface area contributed by atoms with Crippen molar-refractivity contribution in [2.45, 2.75) is 72.0 Å². The molecule has 144 valence electrons. The smallest absolute Gasteiger partial charge is 0.191 e. The summed E-state index contributed by atoms with van der Waals surface area (Å²) in [6.45, 7) is 16.4. The molecule has 0 amide bonds. The van der Waals surface area contributed by atoms with Crippen LogP contribution >= 0.6 is 24.0 Å². The molecule has 0 aliphatic carbocycles.